The van der Waals surface area contributed by atoms with Crippen molar-refractivity contribution in [2.75, 3.05) is 6.79 Å². The molecule has 3 aliphatic rings. The van der Waals surface area contributed by atoms with Crippen LogP contribution in [0.5, 0.6) is 11.5 Å². The van der Waals surface area contributed by atoms with E-state index in [4.69, 9.17) is 9.47 Å². The zero-order valence-corrected chi connectivity index (χ0v) is 12.8. The normalized spacial score (nSPS) is 24.1. The van der Waals surface area contributed by atoms with Gasteiger partial charge in [-0.2, -0.15) is 0 Å². The molecule has 1 aromatic rings. The number of rotatable bonds is 2. The standard InChI is InChI=1S/C17H19N3O3/c21-16-13(8-11-6-7-14-15(9-11)23-10-22-14)19-17(20-16)18-12-4-2-1-3-5-12/h6-9,12H,1-5,10H2,(H2,18,19,20,21)/b13-8-. The maximum Gasteiger partial charge on any atom is 0.274 e. The summed E-state index contributed by atoms with van der Waals surface area (Å²) in [6.45, 7) is 0.242. The number of ether oxygens (including phenoxy) is 2. The largest absolute Gasteiger partial charge is 0.454 e. The van der Waals surface area contributed by atoms with Crippen molar-refractivity contribution in [3.63, 3.8) is 0 Å². The molecule has 0 radical (unpaired) electrons. The summed E-state index contributed by atoms with van der Waals surface area (Å²) in [6.07, 6.45) is 7.71. The van der Waals surface area contributed by atoms with Gasteiger partial charge in [0, 0.05) is 0 Å². The highest BCUT2D eigenvalue weighted by Gasteiger charge is 2.24. The minimum Gasteiger partial charge on any atom is -0.454 e. The molecule has 2 fully saturated rings. The van der Waals surface area contributed by atoms with Gasteiger partial charge < -0.3 is 14.8 Å². The van der Waals surface area contributed by atoms with Gasteiger partial charge in [0.1, 0.15) is 5.70 Å². The summed E-state index contributed by atoms with van der Waals surface area (Å²) >= 11 is 0. The fourth-order valence-corrected chi connectivity index (χ4v) is 3.12. The molecule has 1 amide bonds. The molecule has 1 aromatic carbocycles. The molecule has 1 saturated heterocycles. The maximum absolute atomic E-state index is 12.1. The molecule has 4 rings (SSSR count). The average Bonchev–Trinajstić information content (AvgIpc) is 3.15. The van der Waals surface area contributed by atoms with Crippen molar-refractivity contribution in [1.82, 2.24) is 10.6 Å². The predicted molar refractivity (Wildman–Crippen MR) is 86.1 cm³/mol. The number of hydrogen-bond acceptors (Lipinski definition) is 4. The van der Waals surface area contributed by atoms with Gasteiger partial charge in [-0.3, -0.25) is 10.1 Å². The first-order valence-electron chi connectivity index (χ1n) is 8.05. The Morgan fingerprint density at radius 3 is 2.78 bits per heavy atom. The van der Waals surface area contributed by atoms with Crippen molar-refractivity contribution in [1.29, 1.82) is 0 Å². The number of hydrogen-bond donors (Lipinski definition) is 2. The maximum atomic E-state index is 12.1. The summed E-state index contributed by atoms with van der Waals surface area (Å²) in [7, 11) is 0. The van der Waals surface area contributed by atoms with Crippen LogP contribution in [0.4, 0.5) is 0 Å². The summed E-state index contributed by atoms with van der Waals surface area (Å²) in [5.41, 5.74) is 1.38. The zero-order valence-electron chi connectivity index (χ0n) is 12.8. The van der Waals surface area contributed by atoms with Crippen molar-refractivity contribution >= 4 is 17.9 Å². The van der Waals surface area contributed by atoms with E-state index < -0.39 is 0 Å². The first-order valence-corrected chi connectivity index (χ1v) is 8.05. The number of aliphatic imine (C=N–C) groups is 1. The van der Waals surface area contributed by atoms with Crippen molar-refractivity contribution in [3.8, 4) is 11.5 Å². The Hall–Kier alpha value is -2.50. The monoisotopic (exact) mass is 313 g/mol. The smallest absolute Gasteiger partial charge is 0.274 e. The summed E-state index contributed by atoms with van der Waals surface area (Å²) in [5.74, 6) is 1.84. The number of benzene rings is 1. The number of guanidine groups is 1. The third kappa shape index (κ3) is 3.02. The van der Waals surface area contributed by atoms with Gasteiger partial charge >= 0.3 is 0 Å². The SMILES string of the molecule is O=C1NC(=NC2CCCCC2)N/C1=C\c1ccc2c(c1)OCO2. The summed E-state index contributed by atoms with van der Waals surface area (Å²) in [4.78, 5) is 16.7. The van der Waals surface area contributed by atoms with Gasteiger partial charge in [-0.1, -0.05) is 25.3 Å². The first kappa shape index (κ1) is 14.1. The van der Waals surface area contributed by atoms with Crippen LogP contribution in [0.3, 0.4) is 0 Å². The Morgan fingerprint density at radius 2 is 1.91 bits per heavy atom. The fourth-order valence-electron chi connectivity index (χ4n) is 3.12. The van der Waals surface area contributed by atoms with Crippen molar-refractivity contribution in [3.05, 3.63) is 29.5 Å². The minimum atomic E-state index is -0.155. The average molecular weight is 313 g/mol. The summed E-state index contributed by atoms with van der Waals surface area (Å²) in [6, 6.07) is 5.92. The molecule has 2 aliphatic heterocycles. The van der Waals surface area contributed by atoms with Crippen molar-refractivity contribution < 1.29 is 14.3 Å². The summed E-state index contributed by atoms with van der Waals surface area (Å²) < 4.78 is 10.6. The highest BCUT2D eigenvalue weighted by atomic mass is 16.7. The van der Waals surface area contributed by atoms with E-state index in [2.05, 4.69) is 15.6 Å². The van der Waals surface area contributed by atoms with Crippen molar-refractivity contribution in [2.24, 2.45) is 4.99 Å². The van der Waals surface area contributed by atoms with E-state index in [0.29, 0.717) is 23.4 Å². The van der Waals surface area contributed by atoms with E-state index in [1.54, 1.807) is 6.08 Å². The first-order chi connectivity index (χ1) is 11.3. The van der Waals surface area contributed by atoms with E-state index in [9.17, 15) is 4.79 Å². The summed E-state index contributed by atoms with van der Waals surface area (Å²) in [5, 5.41) is 5.88. The lowest BCUT2D eigenvalue weighted by Crippen LogP contribution is -2.28. The quantitative estimate of drug-likeness (QED) is 0.821. The molecule has 0 unspecified atom stereocenters. The molecular formula is C17H19N3O3. The number of nitrogens with zero attached hydrogens (tertiary/aromatic N) is 1. The molecule has 23 heavy (non-hydrogen) atoms. The van der Waals surface area contributed by atoms with Gasteiger partial charge in [-0.15, -0.1) is 0 Å². The Morgan fingerprint density at radius 1 is 1.09 bits per heavy atom. The number of amides is 1. The van der Waals surface area contributed by atoms with Crippen molar-refractivity contribution in [2.45, 2.75) is 38.1 Å². The molecule has 2 N–H and O–H groups in total. The molecule has 6 heteroatoms. The number of carbonyl (C=O) groups excluding carboxylic acids is 1. The Bertz CT molecular complexity index is 690. The lowest BCUT2D eigenvalue weighted by molar-refractivity contribution is -0.115. The van der Waals surface area contributed by atoms with Gasteiger partial charge in [-0.05, 0) is 36.6 Å². The van der Waals surface area contributed by atoms with E-state index in [1.165, 1.54) is 19.3 Å². The molecule has 0 bridgehead atoms. The Labute approximate surface area is 134 Å². The topological polar surface area (TPSA) is 72.0 Å². The number of fused-ring (bicyclic) bond motifs is 1. The van der Waals surface area contributed by atoms with Gasteiger partial charge in [-0.25, -0.2) is 4.99 Å². The van der Waals surface area contributed by atoms with Crippen LogP contribution in [0.25, 0.3) is 6.08 Å². The Kier molecular flexibility index (Phi) is 3.65. The molecule has 0 aromatic heterocycles. The van der Waals surface area contributed by atoms with Crippen LogP contribution in [0.15, 0.2) is 28.9 Å². The second kappa shape index (κ2) is 5.95. The second-order valence-electron chi connectivity index (χ2n) is 6.02. The molecule has 120 valence electrons. The molecule has 0 spiro atoms. The van der Waals surface area contributed by atoms with E-state index in [-0.39, 0.29) is 12.7 Å². The molecular weight excluding hydrogens is 294 g/mol. The van der Waals surface area contributed by atoms with Crippen LogP contribution in [-0.2, 0) is 4.79 Å². The van der Waals surface area contributed by atoms with Gasteiger partial charge in [0.2, 0.25) is 12.8 Å². The molecule has 2 heterocycles. The lowest BCUT2D eigenvalue weighted by atomic mass is 9.96. The van der Waals surface area contributed by atoms with E-state index in [0.717, 1.165) is 24.2 Å². The molecule has 6 nitrogen and oxygen atoms in total. The van der Waals surface area contributed by atoms with Crippen LogP contribution in [0.1, 0.15) is 37.7 Å². The third-order valence-corrected chi connectivity index (χ3v) is 4.32. The van der Waals surface area contributed by atoms with Gasteiger partial charge in [0.05, 0.1) is 6.04 Å². The number of nitrogens with one attached hydrogen (secondary N) is 2. The van der Waals surface area contributed by atoms with E-state index in [1.807, 2.05) is 18.2 Å². The number of carbonyl (C=O) groups is 1. The van der Waals surface area contributed by atoms with Crippen LogP contribution >= 0.6 is 0 Å². The zero-order chi connectivity index (χ0) is 15.6. The molecule has 0 atom stereocenters. The van der Waals surface area contributed by atoms with Crippen LogP contribution in [0.2, 0.25) is 0 Å². The Balaban J connectivity index is 1.50. The predicted octanol–water partition coefficient (Wildman–Crippen LogP) is 2.16. The minimum absolute atomic E-state index is 0.155. The van der Waals surface area contributed by atoms with Gasteiger partial charge in [0.25, 0.3) is 5.91 Å². The lowest BCUT2D eigenvalue weighted by Gasteiger charge is -2.17. The van der Waals surface area contributed by atoms with E-state index >= 15 is 0 Å². The van der Waals surface area contributed by atoms with Crippen LogP contribution < -0.4 is 20.1 Å². The van der Waals surface area contributed by atoms with Crippen LogP contribution in [-0.4, -0.2) is 24.7 Å². The molecule has 1 aliphatic carbocycles. The van der Waals surface area contributed by atoms with Gasteiger partial charge in [0.15, 0.2) is 11.5 Å². The third-order valence-electron chi connectivity index (χ3n) is 4.32. The molecule has 1 saturated carbocycles. The highest BCUT2D eigenvalue weighted by Crippen LogP contribution is 2.33. The highest BCUT2D eigenvalue weighted by molar-refractivity contribution is 6.15. The fraction of sp³-hybridized carbons (Fsp3) is 0.412. The second-order valence-corrected chi connectivity index (χ2v) is 6.02. The van der Waals surface area contributed by atoms with Crippen LogP contribution in [0, 0.1) is 0 Å².